The number of pyridine rings is 1. The summed E-state index contributed by atoms with van der Waals surface area (Å²) < 4.78 is 6.03. The maximum absolute atomic E-state index is 6.03. The zero-order valence-corrected chi connectivity index (χ0v) is 16.6. The van der Waals surface area contributed by atoms with Crippen LogP contribution in [0.1, 0.15) is 35.3 Å². The number of nitrogens with zero attached hydrogens (tertiary/aromatic N) is 2. The van der Waals surface area contributed by atoms with E-state index in [4.69, 9.17) is 4.74 Å². The smallest absolute Gasteiger partial charge is 0.124 e. The van der Waals surface area contributed by atoms with Gasteiger partial charge in [-0.25, -0.2) is 0 Å². The van der Waals surface area contributed by atoms with Gasteiger partial charge in [-0.2, -0.15) is 0 Å². The molecule has 3 heterocycles. The fraction of sp³-hybridized carbons (Fsp3) is 0.240. The third-order valence-corrected chi connectivity index (χ3v) is 5.78. The molecular weight excluding hydrogens is 358 g/mol. The van der Waals surface area contributed by atoms with Crippen LogP contribution in [0.2, 0.25) is 0 Å². The molecule has 4 nitrogen and oxygen atoms in total. The summed E-state index contributed by atoms with van der Waals surface area (Å²) in [5, 5.41) is 1.34. The van der Waals surface area contributed by atoms with Gasteiger partial charge in [-0.1, -0.05) is 36.4 Å². The summed E-state index contributed by atoms with van der Waals surface area (Å²) in [6, 6.07) is 21.4. The first-order chi connectivity index (χ1) is 14.3. The second kappa shape index (κ2) is 7.72. The quantitative estimate of drug-likeness (QED) is 0.521. The molecule has 1 aliphatic rings. The van der Waals surface area contributed by atoms with Crippen molar-refractivity contribution >= 4 is 10.9 Å². The van der Waals surface area contributed by atoms with E-state index >= 15 is 0 Å². The zero-order chi connectivity index (χ0) is 19.6. The Kier molecular flexibility index (Phi) is 4.78. The molecule has 2 aromatic carbocycles. The zero-order valence-electron chi connectivity index (χ0n) is 16.6. The average molecular weight is 383 g/mol. The molecule has 0 saturated heterocycles. The summed E-state index contributed by atoms with van der Waals surface area (Å²) in [4.78, 5) is 10.5. The highest BCUT2D eigenvalue weighted by atomic mass is 16.5. The van der Waals surface area contributed by atoms with Crippen LogP contribution in [-0.4, -0.2) is 28.0 Å². The highest BCUT2D eigenvalue weighted by Gasteiger charge is 2.33. The van der Waals surface area contributed by atoms with Crippen LogP contribution in [-0.2, 0) is 13.0 Å². The maximum atomic E-state index is 6.03. The number of aromatic amines is 1. The van der Waals surface area contributed by atoms with Crippen LogP contribution in [0.25, 0.3) is 10.9 Å². The molecule has 5 rings (SSSR count). The SMILES string of the molecule is CCOc1ccccc1C1c2[nH]c3ccccc3c2CCN1Cc1ccncc1. The number of nitrogens with one attached hydrogen (secondary N) is 1. The normalized spacial score (nSPS) is 16.7. The van der Waals surface area contributed by atoms with Gasteiger partial charge in [0.05, 0.1) is 12.6 Å². The predicted molar refractivity (Wildman–Crippen MR) is 116 cm³/mol. The van der Waals surface area contributed by atoms with Crippen molar-refractivity contribution in [1.82, 2.24) is 14.9 Å². The van der Waals surface area contributed by atoms with Crippen LogP contribution in [0.3, 0.4) is 0 Å². The van der Waals surface area contributed by atoms with E-state index < -0.39 is 0 Å². The minimum absolute atomic E-state index is 0.127. The van der Waals surface area contributed by atoms with E-state index in [2.05, 4.69) is 75.5 Å². The lowest BCUT2D eigenvalue weighted by Crippen LogP contribution is -2.35. The molecule has 1 N–H and O–H groups in total. The van der Waals surface area contributed by atoms with E-state index in [-0.39, 0.29) is 6.04 Å². The number of para-hydroxylation sites is 2. The predicted octanol–water partition coefficient (Wildman–Crippen LogP) is 5.11. The molecule has 0 radical (unpaired) electrons. The average Bonchev–Trinajstić information content (AvgIpc) is 3.14. The Hall–Kier alpha value is -3.11. The Balaban J connectivity index is 1.65. The van der Waals surface area contributed by atoms with Crippen molar-refractivity contribution in [3.8, 4) is 5.75 Å². The lowest BCUT2D eigenvalue weighted by molar-refractivity contribution is 0.197. The molecule has 146 valence electrons. The van der Waals surface area contributed by atoms with Crippen molar-refractivity contribution in [1.29, 1.82) is 0 Å². The van der Waals surface area contributed by atoms with Gasteiger partial charge in [-0.3, -0.25) is 9.88 Å². The van der Waals surface area contributed by atoms with Gasteiger partial charge in [0, 0.05) is 47.6 Å². The van der Waals surface area contributed by atoms with Crippen molar-refractivity contribution in [2.45, 2.75) is 25.9 Å². The molecule has 0 aliphatic carbocycles. The Morgan fingerprint density at radius 3 is 2.69 bits per heavy atom. The molecule has 29 heavy (non-hydrogen) atoms. The molecule has 4 heteroatoms. The van der Waals surface area contributed by atoms with Gasteiger partial charge in [0.15, 0.2) is 0 Å². The molecule has 4 aromatic rings. The van der Waals surface area contributed by atoms with Crippen molar-refractivity contribution in [2.75, 3.05) is 13.2 Å². The summed E-state index contributed by atoms with van der Waals surface area (Å²) in [5.41, 5.74) is 6.43. The topological polar surface area (TPSA) is 41.1 Å². The first-order valence-electron chi connectivity index (χ1n) is 10.3. The first kappa shape index (κ1) is 18.0. The third-order valence-electron chi connectivity index (χ3n) is 5.78. The van der Waals surface area contributed by atoms with Gasteiger partial charge in [0.25, 0.3) is 0 Å². The number of ether oxygens (including phenoxy) is 1. The Labute approximate surface area is 171 Å². The third kappa shape index (κ3) is 3.30. The molecule has 0 spiro atoms. The fourth-order valence-electron chi connectivity index (χ4n) is 4.53. The van der Waals surface area contributed by atoms with Crippen LogP contribution < -0.4 is 4.74 Å². The van der Waals surface area contributed by atoms with Crippen LogP contribution >= 0.6 is 0 Å². The van der Waals surface area contributed by atoms with Gasteiger partial charge >= 0.3 is 0 Å². The number of hydrogen-bond acceptors (Lipinski definition) is 3. The molecule has 0 saturated carbocycles. The van der Waals surface area contributed by atoms with E-state index in [9.17, 15) is 0 Å². The van der Waals surface area contributed by atoms with Crippen molar-refractivity contribution in [2.24, 2.45) is 0 Å². The van der Waals surface area contributed by atoms with Crippen molar-refractivity contribution in [3.05, 3.63) is 95.4 Å². The summed E-state index contributed by atoms with van der Waals surface area (Å²) in [7, 11) is 0. The van der Waals surface area contributed by atoms with E-state index in [0.717, 1.165) is 25.3 Å². The van der Waals surface area contributed by atoms with E-state index in [1.807, 2.05) is 19.3 Å². The van der Waals surface area contributed by atoms with Crippen molar-refractivity contribution in [3.63, 3.8) is 0 Å². The van der Waals surface area contributed by atoms with E-state index in [1.165, 1.54) is 33.3 Å². The highest BCUT2D eigenvalue weighted by molar-refractivity contribution is 5.85. The summed E-state index contributed by atoms with van der Waals surface area (Å²) in [6.45, 7) is 4.58. The Bertz CT molecular complexity index is 1120. The van der Waals surface area contributed by atoms with Gasteiger partial charge in [-0.05, 0) is 48.7 Å². The second-order valence-electron chi connectivity index (χ2n) is 7.51. The second-order valence-corrected chi connectivity index (χ2v) is 7.51. The number of benzene rings is 2. The molecule has 1 atom stereocenters. The van der Waals surface area contributed by atoms with Gasteiger partial charge in [-0.15, -0.1) is 0 Å². The van der Waals surface area contributed by atoms with Crippen molar-refractivity contribution < 1.29 is 4.74 Å². The lowest BCUT2D eigenvalue weighted by Gasteiger charge is -2.37. The monoisotopic (exact) mass is 383 g/mol. The number of H-pyrrole nitrogens is 1. The van der Waals surface area contributed by atoms with Crippen LogP contribution in [0.15, 0.2) is 73.1 Å². The van der Waals surface area contributed by atoms with Gasteiger partial charge < -0.3 is 9.72 Å². The minimum atomic E-state index is 0.127. The molecule has 0 amide bonds. The minimum Gasteiger partial charge on any atom is -0.494 e. The summed E-state index contributed by atoms with van der Waals surface area (Å²) in [6.07, 6.45) is 4.78. The summed E-state index contributed by atoms with van der Waals surface area (Å²) in [5.74, 6) is 0.964. The maximum Gasteiger partial charge on any atom is 0.124 e. The number of hydrogen-bond donors (Lipinski definition) is 1. The number of fused-ring (bicyclic) bond motifs is 3. The molecule has 1 unspecified atom stereocenters. The lowest BCUT2D eigenvalue weighted by atomic mass is 9.91. The van der Waals surface area contributed by atoms with E-state index in [0.29, 0.717) is 6.61 Å². The molecule has 0 fully saturated rings. The molecule has 1 aliphatic heterocycles. The van der Waals surface area contributed by atoms with Crippen LogP contribution in [0.4, 0.5) is 0 Å². The standard InChI is InChI=1S/C25H25N3O/c1-2-29-23-10-6-4-8-21(23)25-24-20(19-7-3-5-9-22(19)27-24)13-16-28(25)17-18-11-14-26-15-12-18/h3-12,14-15,25,27H,2,13,16-17H2,1H3. The number of rotatable bonds is 5. The first-order valence-corrected chi connectivity index (χ1v) is 10.3. The highest BCUT2D eigenvalue weighted by Crippen LogP contribution is 2.41. The van der Waals surface area contributed by atoms with Gasteiger partial charge in [0.1, 0.15) is 5.75 Å². The Morgan fingerprint density at radius 1 is 1.03 bits per heavy atom. The van der Waals surface area contributed by atoms with E-state index in [1.54, 1.807) is 0 Å². The summed E-state index contributed by atoms with van der Waals surface area (Å²) >= 11 is 0. The van der Waals surface area contributed by atoms with Crippen LogP contribution in [0, 0.1) is 0 Å². The molecular formula is C25H25N3O. The van der Waals surface area contributed by atoms with Gasteiger partial charge in [0.2, 0.25) is 0 Å². The largest absolute Gasteiger partial charge is 0.494 e. The van der Waals surface area contributed by atoms with Crippen LogP contribution in [0.5, 0.6) is 5.75 Å². The molecule has 0 bridgehead atoms. The molecule has 2 aromatic heterocycles. The Morgan fingerprint density at radius 2 is 1.83 bits per heavy atom. The fourth-order valence-corrected chi connectivity index (χ4v) is 4.53. The number of aromatic nitrogens is 2.